The Morgan fingerprint density at radius 1 is 1.20 bits per heavy atom. The number of carbonyl (C=O) groups excluding carboxylic acids is 3. The van der Waals surface area contributed by atoms with Gasteiger partial charge in [0, 0.05) is 18.4 Å². The average Bonchev–Trinajstić information content (AvgIpc) is 3.12. The van der Waals surface area contributed by atoms with E-state index in [0.717, 1.165) is 0 Å². The molecule has 1 aromatic carbocycles. The summed E-state index contributed by atoms with van der Waals surface area (Å²) in [5.74, 6) is 2.85. The molecule has 25 heavy (non-hydrogen) atoms. The molecule has 0 bridgehead atoms. The average molecular weight is 345 g/mol. The molecule has 0 spiro atoms. The van der Waals surface area contributed by atoms with Crippen molar-refractivity contribution in [1.82, 2.24) is 5.06 Å². The number of methoxy groups -OCH3 is 2. The van der Waals surface area contributed by atoms with Crippen molar-refractivity contribution in [3.05, 3.63) is 35.9 Å². The predicted octanol–water partition coefficient (Wildman–Crippen LogP) is 1.19. The summed E-state index contributed by atoms with van der Waals surface area (Å²) in [6, 6.07) is 8.29. The van der Waals surface area contributed by atoms with Crippen LogP contribution >= 0.6 is 0 Å². The lowest BCUT2D eigenvalue weighted by Gasteiger charge is -2.18. The Labute approximate surface area is 145 Å². The molecule has 0 radical (unpaired) electrons. The first-order valence-corrected chi connectivity index (χ1v) is 7.74. The van der Waals surface area contributed by atoms with E-state index in [-0.39, 0.29) is 12.3 Å². The molecule has 1 heterocycles. The molecular formula is C18H19NO6. The second-order valence-electron chi connectivity index (χ2n) is 5.26. The molecule has 0 saturated carbocycles. The smallest absolute Gasteiger partial charge is 0.321 e. The first kappa shape index (κ1) is 18.5. The molecule has 1 aliphatic rings. The number of hydroxylamine groups is 2. The summed E-state index contributed by atoms with van der Waals surface area (Å²) in [4.78, 5) is 41.1. The third-order valence-electron chi connectivity index (χ3n) is 3.67. The van der Waals surface area contributed by atoms with Crippen LogP contribution in [0.25, 0.3) is 0 Å². The van der Waals surface area contributed by atoms with E-state index < -0.39 is 23.9 Å². The summed E-state index contributed by atoms with van der Waals surface area (Å²) < 4.78 is 9.16. The maximum atomic E-state index is 12.4. The van der Waals surface area contributed by atoms with Gasteiger partial charge in [-0.05, 0) is 12.1 Å². The monoisotopic (exact) mass is 345 g/mol. The van der Waals surface area contributed by atoms with Crippen molar-refractivity contribution < 1.29 is 28.7 Å². The molecule has 132 valence electrons. The lowest BCUT2D eigenvalue weighted by molar-refractivity contribution is -0.158. The lowest BCUT2D eigenvalue weighted by atomic mass is 10.1. The van der Waals surface area contributed by atoms with Gasteiger partial charge in [-0.1, -0.05) is 30.0 Å². The van der Waals surface area contributed by atoms with Crippen molar-refractivity contribution in [1.29, 1.82) is 0 Å². The number of hydrogen-bond donors (Lipinski definition) is 0. The topological polar surface area (TPSA) is 82.1 Å². The number of esters is 2. The molecule has 0 aromatic heterocycles. The van der Waals surface area contributed by atoms with E-state index in [1.807, 2.05) is 6.07 Å². The number of ether oxygens (including phenoxy) is 2. The summed E-state index contributed by atoms with van der Waals surface area (Å²) in [7, 11) is 2.38. The molecule has 7 nitrogen and oxygen atoms in total. The largest absolute Gasteiger partial charge is 0.468 e. The van der Waals surface area contributed by atoms with Crippen LogP contribution in [0.4, 0.5) is 0 Å². The molecule has 2 rings (SSSR count). The van der Waals surface area contributed by atoms with Crippen molar-refractivity contribution in [2.45, 2.75) is 18.9 Å². The zero-order valence-corrected chi connectivity index (χ0v) is 14.1. The molecule has 7 heteroatoms. The van der Waals surface area contributed by atoms with Gasteiger partial charge in [-0.15, -0.1) is 0 Å². The molecule has 1 atom stereocenters. The zero-order valence-electron chi connectivity index (χ0n) is 14.1. The summed E-state index contributed by atoms with van der Waals surface area (Å²) in [6.07, 6.45) is 0.496. The van der Waals surface area contributed by atoms with Crippen LogP contribution < -0.4 is 0 Å². The van der Waals surface area contributed by atoms with Gasteiger partial charge in [0.1, 0.15) is 6.04 Å². The van der Waals surface area contributed by atoms with Gasteiger partial charge in [0.2, 0.25) is 0 Å². The van der Waals surface area contributed by atoms with Gasteiger partial charge in [-0.25, -0.2) is 5.06 Å². The van der Waals surface area contributed by atoms with Gasteiger partial charge in [-0.2, -0.15) is 0 Å². The molecule has 1 unspecified atom stereocenters. The second-order valence-corrected chi connectivity index (χ2v) is 5.26. The zero-order chi connectivity index (χ0) is 18.2. The Morgan fingerprint density at radius 3 is 2.44 bits per heavy atom. The standard InChI is InChI=1S/C18H19NO6/c1-23-17(21)15(18(22)24-2)10-6-9-14-11-12-25-19(14)16(20)13-7-4-3-5-8-13/h3-5,7-8,14-15H,10-12H2,1-2H3. The molecule has 0 N–H and O–H groups in total. The number of carbonyl (C=O) groups is 3. The van der Waals surface area contributed by atoms with E-state index >= 15 is 0 Å². The maximum Gasteiger partial charge on any atom is 0.321 e. The van der Waals surface area contributed by atoms with E-state index in [1.54, 1.807) is 24.3 Å². The second kappa shape index (κ2) is 8.85. The van der Waals surface area contributed by atoms with Crippen LogP contribution in [0.2, 0.25) is 0 Å². The summed E-state index contributed by atoms with van der Waals surface area (Å²) in [6.45, 7) is 0.370. The lowest BCUT2D eigenvalue weighted by Crippen LogP contribution is -2.33. The van der Waals surface area contributed by atoms with Crippen LogP contribution in [-0.2, 0) is 23.9 Å². The van der Waals surface area contributed by atoms with Crippen LogP contribution in [0.3, 0.4) is 0 Å². The maximum absolute atomic E-state index is 12.4. The highest BCUT2D eigenvalue weighted by Gasteiger charge is 2.31. The summed E-state index contributed by atoms with van der Waals surface area (Å²) >= 11 is 0. The Balaban J connectivity index is 2.06. The quantitative estimate of drug-likeness (QED) is 0.463. The predicted molar refractivity (Wildman–Crippen MR) is 86.9 cm³/mol. The van der Waals surface area contributed by atoms with Gasteiger partial charge < -0.3 is 9.47 Å². The van der Waals surface area contributed by atoms with Crippen LogP contribution in [0.15, 0.2) is 30.3 Å². The number of amides is 1. The fourth-order valence-corrected chi connectivity index (χ4v) is 2.34. The van der Waals surface area contributed by atoms with Crippen LogP contribution in [0.5, 0.6) is 0 Å². The summed E-state index contributed by atoms with van der Waals surface area (Å²) in [5.41, 5.74) is 0.498. The Bertz CT molecular complexity index is 675. The van der Waals surface area contributed by atoms with E-state index in [2.05, 4.69) is 21.3 Å². The normalized spacial score (nSPS) is 16.1. The van der Waals surface area contributed by atoms with Crippen molar-refractivity contribution in [3.8, 4) is 11.8 Å². The first-order chi connectivity index (χ1) is 12.1. The highest BCUT2D eigenvalue weighted by molar-refractivity contribution is 5.95. The molecule has 1 aliphatic heterocycles. The van der Waals surface area contributed by atoms with Crippen molar-refractivity contribution in [3.63, 3.8) is 0 Å². The van der Waals surface area contributed by atoms with Gasteiger partial charge in [-0.3, -0.25) is 19.2 Å². The van der Waals surface area contributed by atoms with Crippen molar-refractivity contribution in [2.24, 2.45) is 5.92 Å². The van der Waals surface area contributed by atoms with Crippen molar-refractivity contribution >= 4 is 17.8 Å². The third-order valence-corrected chi connectivity index (χ3v) is 3.67. The number of rotatable bonds is 4. The number of nitrogens with zero attached hydrogens (tertiary/aromatic N) is 1. The summed E-state index contributed by atoms with van der Waals surface area (Å²) in [5, 5.41) is 1.23. The fourth-order valence-electron chi connectivity index (χ4n) is 2.34. The Morgan fingerprint density at radius 2 is 1.84 bits per heavy atom. The number of hydrogen-bond acceptors (Lipinski definition) is 6. The van der Waals surface area contributed by atoms with Gasteiger partial charge in [0.05, 0.1) is 20.8 Å². The Hall–Kier alpha value is -2.85. The molecule has 1 saturated heterocycles. The minimum Gasteiger partial charge on any atom is -0.468 e. The Kier molecular flexibility index (Phi) is 6.54. The molecule has 1 fully saturated rings. The minimum absolute atomic E-state index is 0.0524. The minimum atomic E-state index is -1.11. The molecule has 1 aromatic rings. The van der Waals surface area contributed by atoms with E-state index in [1.165, 1.54) is 19.3 Å². The van der Waals surface area contributed by atoms with E-state index in [0.29, 0.717) is 18.6 Å². The van der Waals surface area contributed by atoms with Crippen LogP contribution in [0, 0.1) is 17.8 Å². The van der Waals surface area contributed by atoms with Gasteiger partial charge in [0.15, 0.2) is 5.92 Å². The van der Waals surface area contributed by atoms with Crippen molar-refractivity contribution in [2.75, 3.05) is 20.8 Å². The first-order valence-electron chi connectivity index (χ1n) is 7.74. The highest BCUT2D eigenvalue weighted by Crippen LogP contribution is 2.18. The third kappa shape index (κ3) is 4.58. The van der Waals surface area contributed by atoms with Crippen LogP contribution in [-0.4, -0.2) is 49.8 Å². The van der Waals surface area contributed by atoms with Gasteiger partial charge >= 0.3 is 11.9 Å². The highest BCUT2D eigenvalue weighted by atomic mass is 16.7. The van der Waals surface area contributed by atoms with Gasteiger partial charge in [0.25, 0.3) is 5.91 Å². The molecule has 1 amide bonds. The fraction of sp³-hybridized carbons (Fsp3) is 0.389. The molecular weight excluding hydrogens is 326 g/mol. The van der Waals surface area contributed by atoms with E-state index in [4.69, 9.17) is 4.84 Å². The molecule has 0 aliphatic carbocycles. The number of benzene rings is 1. The van der Waals surface area contributed by atoms with Crippen LogP contribution in [0.1, 0.15) is 23.2 Å². The van der Waals surface area contributed by atoms with E-state index in [9.17, 15) is 14.4 Å². The SMILES string of the molecule is COC(=O)C(CC#CC1CCON1C(=O)c1ccccc1)C(=O)OC.